The van der Waals surface area contributed by atoms with E-state index in [2.05, 4.69) is 5.32 Å². The first-order valence-corrected chi connectivity index (χ1v) is 8.45. The zero-order valence-corrected chi connectivity index (χ0v) is 14.4. The molecule has 0 aliphatic heterocycles. The van der Waals surface area contributed by atoms with Crippen molar-refractivity contribution in [3.8, 4) is 5.75 Å². The first kappa shape index (κ1) is 17.0. The quantitative estimate of drug-likeness (QED) is 0.879. The zero-order valence-electron chi connectivity index (χ0n) is 14.4. The minimum absolute atomic E-state index is 0.0134. The summed E-state index contributed by atoms with van der Waals surface area (Å²) in [4.78, 5) is 26.9. The lowest BCUT2D eigenvalue weighted by atomic mass is 10.2. The van der Waals surface area contributed by atoms with Crippen LogP contribution in [-0.2, 0) is 9.59 Å². The number of rotatable bonds is 6. The van der Waals surface area contributed by atoms with Crippen LogP contribution in [0.3, 0.4) is 0 Å². The van der Waals surface area contributed by atoms with Gasteiger partial charge in [0, 0.05) is 24.0 Å². The molecule has 0 aromatic heterocycles. The number of hydrogen-bond donors (Lipinski definition) is 1. The van der Waals surface area contributed by atoms with Crippen LogP contribution in [0.5, 0.6) is 5.75 Å². The second-order valence-electron chi connectivity index (χ2n) is 6.09. The smallest absolute Gasteiger partial charge is 0.230 e. The Morgan fingerprint density at radius 3 is 2.56 bits per heavy atom. The van der Waals surface area contributed by atoms with Crippen LogP contribution in [-0.4, -0.2) is 25.5 Å². The number of hydrogen-bond acceptors (Lipinski definition) is 3. The van der Waals surface area contributed by atoms with E-state index in [-0.39, 0.29) is 23.7 Å². The van der Waals surface area contributed by atoms with Gasteiger partial charge in [0.2, 0.25) is 11.8 Å². The Labute approximate surface area is 147 Å². The van der Waals surface area contributed by atoms with Gasteiger partial charge in [-0.25, -0.2) is 0 Å². The summed E-state index contributed by atoms with van der Waals surface area (Å²) in [7, 11) is 1.58. The number of carbonyl (C=O) groups excluding carboxylic acids is 2. The van der Waals surface area contributed by atoms with Gasteiger partial charge in [0.25, 0.3) is 0 Å². The van der Waals surface area contributed by atoms with E-state index in [1.165, 1.54) is 0 Å². The number of benzene rings is 2. The molecular formula is C20H22N2O3. The summed E-state index contributed by atoms with van der Waals surface area (Å²) < 4.78 is 5.15. The molecule has 1 aliphatic carbocycles. The first-order chi connectivity index (χ1) is 12.1. The van der Waals surface area contributed by atoms with E-state index in [4.69, 9.17) is 4.74 Å². The van der Waals surface area contributed by atoms with Crippen LogP contribution in [0.1, 0.15) is 13.3 Å². The van der Waals surface area contributed by atoms with Gasteiger partial charge >= 0.3 is 0 Å². The van der Waals surface area contributed by atoms with Crippen molar-refractivity contribution >= 4 is 23.2 Å². The van der Waals surface area contributed by atoms with Gasteiger partial charge in [0.05, 0.1) is 18.9 Å². The molecule has 0 heterocycles. The summed E-state index contributed by atoms with van der Waals surface area (Å²) in [5.41, 5.74) is 1.55. The van der Waals surface area contributed by atoms with E-state index in [1.807, 2.05) is 55.5 Å². The Hall–Kier alpha value is -2.82. The molecule has 1 N–H and O–H groups in total. The standard InChI is InChI=1S/C20H22N2O3/c1-3-22(15-9-5-4-6-10-15)20(24)18-13-17(18)19(23)21-14-8-7-11-16(12-14)25-2/h4-12,17-18H,3,13H2,1-2H3,(H,21,23). The number of amides is 2. The Balaban J connectivity index is 1.63. The van der Waals surface area contributed by atoms with Crippen molar-refractivity contribution in [2.45, 2.75) is 13.3 Å². The van der Waals surface area contributed by atoms with Crippen LogP contribution in [0.2, 0.25) is 0 Å². The third kappa shape index (κ3) is 3.82. The van der Waals surface area contributed by atoms with Crippen molar-refractivity contribution in [3.05, 3.63) is 54.6 Å². The fraction of sp³-hybridized carbons (Fsp3) is 0.300. The number of anilines is 2. The lowest BCUT2D eigenvalue weighted by Crippen LogP contribution is -2.33. The summed E-state index contributed by atoms with van der Waals surface area (Å²) in [5, 5.41) is 2.87. The van der Waals surface area contributed by atoms with Crippen molar-refractivity contribution in [3.63, 3.8) is 0 Å². The van der Waals surface area contributed by atoms with E-state index in [0.717, 1.165) is 5.69 Å². The predicted octanol–water partition coefficient (Wildman–Crippen LogP) is 3.32. The molecule has 1 fully saturated rings. The fourth-order valence-corrected chi connectivity index (χ4v) is 2.97. The Bertz CT molecular complexity index is 761. The maximum Gasteiger partial charge on any atom is 0.230 e. The van der Waals surface area contributed by atoms with E-state index in [0.29, 0.717) is 24.4 Å². The van der Waals surface area contributed by atoms with Gasteiger partial charge in [-0.05, 0) is 37.6 Å². The molecule has 2 atom stereocenters. The minimum atomic E-state index is -0.267. The SMILES string of the molecule is CCN(C(=O)C1CC1C(=O)Nc1cccc(OC)c1)c1ccccc1. The van der Waals surface area contributed by atoms with E-state index >= 15 is 0 Å². The molecule has 2 amide bonds. The molecule has 5 nitrogen and oxygen atoms in total. The lowest BCUT2D eigenvalue weighted by molar-refractivity contribution is -0.123. The van der Waals surface area contributed by atoms with Crippen molar-refractivity contribution in [2.75, 3.05) is 23.9 Å². The second kappa shape index (κ2) is 7.38. The van der Waals surface area contributed by atoms with Crippen molar-refractivity contribution in [1.29, 1.82) is 0 Å². The first-order valence-electron chi connectivity index (χ1n) is 8.45. The average Bonchev–Trinajstić information content (AvgIpc) is 3.44. The molecule has 2 aromatic carbocycles. The van der Waals surface area contributed by atoms with Crippen LogP contribution in [0.15, 0.2) is 54.6 Å². The largest absolute Gasteiger partial charge is 0.497 e. The molecular weight excluding hydrogens is 316 g/mol. The number of para-hydroxylation sites is 1. The van der Waals surface area contributed by atoms with Gasteiger partial charge in [0.15, 0.2) is 0 Å². The Morgan fingerprint density at radius 1 is 1.12 bits per heavy atom. The predicted molar refractivity (Wildman–Crippen MR) is 97.7 cm³/mol. The second-order valence-corrected chi connectivity index (χ2v) is 6.09. The molecule has 0 radical (unpaired) electrons. The Morgan fingerprint density at radius 2 is 1.88 bits per heavy atom. The van der Waals surface area contributed by atoms with Crippen LogP contribution in [0, 0.1) is 11.8 Å². The third-order valence-electron chi connectivity index (χ3n) is 4.43. The van der Waals surface area contributed by atoms with Crippen molar-refractivity contribution < 1.29 is 14.3 Å². The topological polar surface area (TPSA) is 58.6 Å². The highest BCUT2D eigenvalue weighted by Gasteiger charge is 2.49. The van der Waals surface area contributed by atoms with Gasteiger partial charge in [-0.3, -0.25) is 9.59 Å². The van der Waals surface area contributed by atoms with Gasteiger partial charge in [-0.2, -0.15) is 0 Å². The molecule has 0 spiro atoms. The number of carbonyl (C=O) groups is 2. The normalized spacial score (nSPS) is 18.3. The van der Waals surface area contributed by atoms with Gasteiger partial charge in [-0.1, -0.05) is 24.3 Å². The lowest BCUT2D eigenvalue weighted by Gasteiger charge is -2.21. The molecule has 1 aliphatic rings. The van der Waals surface area contributed by atoms with Crippen LogP contribution in [0.4, 0.5) is 11.4 Å². The highest BCUT2D eigenvalue weighted by molar-refractivity contribution is 6.04. The van der Waals surface area contributed by atoms with Crippen LogP contribution < -0.4 is 15.0 Å². The summed E-state index contributed by atoms with van der Waals surface area (Å²) in [5.74, 6) is 0.0693. The summed E-state index contributed by atoms with van der Waals surface area (Å²) in [6, 6.07) is 16.8. The number of ether oxygens (including phenoxy) is 1. The van der Waals surface area contributed by atoms with Gasteiger partial charge < -0.3 is 15.0 Å². The number of nitrogens with one attached hydrogen (secondary N) is 1. The number of nitrogens with zero attached hydrogens (tertiary/aromatic N) is 1. The molecule has 2 unspecified atom stereocenters. The maximum absolute atomic E-state index is 12.7. The van der Waals surface area contributed by atoms with Gasteiger partial charge in [0.1, 0.15) is 5.75 Å². The molecule has 3 rings (SSSR count). The Kier molecular flexibility index (Phi) is 5.03. The molecule has 0 saturated heterocycles. The van der Waals surface area contributed by atoms with Crippen molar-refractivity contribution in [2.24, 2.45) is 11.8 Å². The third-order valence-corrected chi connectivity index (χ3v) is 4.43. The van der Waals surface area contributed by atoms with Crippen LogP contribution >= 0.6 is 0 Å². The van der Waals surface area contributed by atoms with E-state index in [1.54, 1.807) is 18.1 Å². The molecule has 2 aromatic rings. The maximum atomic E-state index is 12.7. The molecule has 25 heavy (non-hydrogen) atoms. The minimum Gasteiger partial charge on any atom is -0.497 e. The molecule has 0 bridgehead atoms. The van der Waals surface area contributed by atoms with Crippen molar-refractivity contribution in [1.82, 2.24) is 0 Å². The zero-order chi connectivity index (χ0) is 17.8. The summed E-state index contributed by atoms with van der Waals surface area (Å²) in [6.07, 6.45) is 0.595. The van der Waals surface area contributed by atoms with E-state index in [9.17, 15) is 9.59 Å². The molecule has 130 valence electrons. The van der Waals surface area contributed by atoms with Gasteiger partial charge in [-0.15, -0.1) is 0 Å². The van der Waals surface area contributed by atoms with E-state index < -0.39 is 0 Å². The van der Waals surface area contributed by atoms with Crippen LogP contribution in [0.25, 0.3) is 0 Å². The fourth-order valence-electron chi connectivity index (χ4n) is 2.97. The monoisotopic (exact) mass is 338 g/mol. The molecule has 1 saturated carbocycles. The number of methoxy groups -OCH3 is 1. The summed E-state index contributed by atoms with van der Waals surface area (Å²) >= 11 is 0. The molecule has 5 heteroatoms. The average molecular weight is 338 g/mol. The highest BCUT2D eigenvalue weighted by Crippen LogP contribution is 2.41. The highest BCUT2D eigenvalue weighted by atomic mass is 16.5. The summed E-state index contributed by atoms with van der Waals surface area (Å²) in [6.45, 7) is 2.53.